The number of benzene rings is 1. The molecule has 0 saturated carbocycles. The highest BCUT2D eigenvalue weighted by molar-refractivity contribution is 5.91. The van der Waals surface area contributed by atoms with Gasteiger partial charge in [-0.25, -0.2) is 4.79 Å². The van der Waals surface area contributed by atoms with Gasteiger partial charge < -0.3 is 10.1 Å². The lowest BCUT2D eigenvalue weighted by atomic mass is 9.88. The normalized spacial score (nSPS) is 16.3. The SMILES string of the molecule is O=C(COC(=O)c1ccncc1)N[C@H]1CCCc2ccccc21. The zero-order valence-corrected chi connectivity index (χ0v) is 12.7. The molecule has 1 aliphatic rings. The second-order valence-electron chi connectivity index (χ2n) is 5.52. The Hall–Kier alpha value is -2.69. The largest absolute Gasteiger partial charge is 0.452 e. The maximum atomic E-state index is 12.1. The molecule has 0 bridgehead atoms. The van der Waals surface area contributed by atoms with E-state index in [9.17, 15) is 9.59 Å². The molecule has 0 radical (unpaired) electrons. The monoisotopic (exact) mass is 310 g/mol. The molecule has 118 valence electrons. The highest BCUT2D eigenvalue weighted by Crippen LogP contribution is 2.29. The standard InChI is InChI=1S/C18H18N2O3/c21-17(12-23-18(22)14-8-10-19-11-9-14)20-16-7-3-5-13-4-1-2-6-15(13)16/h1-2,4,6,8-11,16H,3,5,7,12H2,(H,20,21)/t16-/m0/s1. The second kappa shape index (κ2) is 7.05. The van der Waals surface area contributed by atoms with E-state index in [1.54, 1.807) is 12.1 Å². The van der Waals surface area contributed by atoms with Crippen LogP contribution in [0, 0.1) is 0 Å². The average molecular weight is 310 g/mol. The average Bonchev–Trinajstić information content (AvgIpc) is 2.61. The molecule has 23 heavy (non-hydrogen) atoms. The quantitative estimate of drug-likeness (QED) is 0.881. The van der Waals surface area contributed by atoms with Crippen molar-refractivity contribution in [3.63, 3.8) is 0 Å². The van der Waals surface area contributed by atoms with Gasteiger partial charge >= 0.3 is 5.97 Å². The maximum Gasteiger partial charge on any atom is 0.338 e. The number of nitrogens with zero attached hydrogens (tertiary/aromatic N) is 1. The third-order valence-corrected chi connectivity index (χ3v) is 3.96. The minimum absolute atomic E-state index is 0.00734. The van der Waals surface area contributed by atoms with E-state index >= 15 is 0 Å². The zero-order valence-electron chi connectivity index (χ0n) is 12.7. The van der Waals surface area contributed by atoms with Crippen LogP contribution < -0.4 is 5.32 Å². The number of pyridine rings is 1. The van der Waals surface area contributed by atoms with Crippen molar-refractivity contribution in [2.24, 2.45) is 0 Å². The Morgan fingerprint density at radius 3 is 2.78 bits per heavy atom. The minimum atomic E-state index is -0.522. The number of nitrogens with one attached hydrogen (secondary N) is 1. The highest BCUT2D eigenvalue weighted by atomic mass is 16.5. The highest BCUT2D eigenvalue weighted by Gasteiger charge is 2.21. The Kier molecular flexibility index (Phi) is 4.66. The lowest BCUT2D eigenvalue weighted by molar-refractivity contribution is -0.125. The minimum Gasteiger partial charge on any atom is -0.452 e. The Bertz CT molecular complexity index is 700. The van der Waals surface area contributed by atoms with Crippen molar-refractivity contribution in [3.05, 3.63) is 65.5 Å². The summed E-state index contributed by atoms with van der Waals surface area (Å²) < 4.78 is 5.04. The van der Waals surface area contributed by atoms with Gasteiger partial charge in [0, 0.05) is 12.4 Å². The first-order valence-electron chi connectivity index (χ1n) is 7.68. The number of carbonyl (C=O) groups is 2. The van der Waals surface area contributed by atoms with Crippen LogP contribution in [0.2, 0.25) is 0 Å². The van der Waals surface area contributed by atoms with E-state index in [1.165, 1.54) is 18.0 Å². The summed E-state index contributed by atoms with van der Waals surface area (Å²) in [5, 5.41) is 2.95. The Morgan fingerprint density at radius 1 is 1.17 bits per heavy atom. The van der Waals surface area contributed by atoms with Gasteiger partial charge in [-0.3, -0.25) is 9.78 Å². The van der Waals surface area contributed by atoms with Crippen molar-refractivity contribution in [1.82, 2.24) is 10.3 Å². The predicted molar refractivity (Wildman–Crippen MR) is 84.8 cm³/mol. The van der Waals surface area contributed by atoms with Gasteiger partial charge in [-0.15, -0.1) is 0 Å². The molecule has 0 unspecified atom stereocenters. The van der Waals surface area contributed by atoms with Crippen LogP contribution in [0.25, 0.3) is 0 Å². The summed E-state index contributed by atoms with van der Waals surface area (Å²) >= 11 is 0. The summed E-state index contributed by atoms with van der Waals surface area (Å²) in [6.07, 6.45) is 6.00. The van der Waals surface area contributed by atoms with Crippen molar-refractivity contribution in [3.8, 4) is 0 Å². The van der Waals surface area contributed by atoms with E-state index in [4.69, 9.17) is 4.74 Å². The van der Waals surface area contributed by atoms with Crippen LogP contribution >= 0.6 is 0 Å². The third-order valence-electron chi connectivity index (χ3n) is 3.96. The summed E-state index contributed by atoms with van der Waals surface area (Å²) in [5.74, 6) is -0.805. The van der Waals surface area contributed by atoms with Crippen molar-refractivity contribution in [1.29, 1.82) is 0 Å². The van der Waals surface area contributed by atoms with Crippen LogP contribution in [-0.2, 0) is 16.0 Å². The van der Waals surface area contributed by atoms with Crippen molar-refractivity contribution in [2.75, 3.05) is 6.61 Å². The first-order chi connectivity index (χ1) is 11.2. The van der Waals surface area contributed by atoms with Crippen LogP contribution in [0.4, 0.5) is 0 Å². The van der Waals surface area contributed by atoms with Crippen molar-refractivity contribution < 1.29 is 14.3 Å². The fourth-order valence-electron chi connectivity index (χ4n) is 2.84. The van der Waals surface area contributed by atoms with Crippen LogP contribution in [0.1, 0.15) is 40.4 Å². The van der Waals surface area contributed by atoms with Gasteiger partial charge in [0.2, 0.25) is 0 Å². The lowest BCUT2D eigenvalue weighted by Gasteiger charge is -2.26. The number of hydrogen-bond donors (Lipinski definition) is 1. The number of aromatic nitrogens is 1. The molecule has 0 aliphatic heterocycles. The number of ether oxygens (including phenoxy) is 1. The van der Waals surface area contributed by atoms with Gasteiger partial charge in [-0.1, -0.05) is 24.3 Å². The van der Waals surface area contributed by atoms with Crippen LogP contribution in [0.3, 0.4) is 0 Å². The van der Waals surface area contributed by atoms with Gasteiger partial charge in [0.05, 0.1) is 11.6 Å². The number of carbonyl (C=O) groups excluding carboxylic acids is 2. The van der Waals surface area contributed by atoms with Gasteiger partial charge in [-0.05, 0) is 42.5 Å². The van der Waals surface area contributed by atoms with E-state index in [0.717, 1.165) is 24.8 Å². The first kappa shape index (κ1) is 15.2. The third kappa shape index (κ3) is 3.74. The molecule has 5 heteroatoms. The van der Waals surface area contributed by atoms with E-state index in [1.807, 2.05) is 18.2 Å². The van der Waals surface area contributed by atoms with Gasteiger partial charge in [0.25, 0.3) is 5.91 Å². The molecular formula is C18H18N2O3. The van der Waals surface area contributed by atoms with Crippen molar-refractivity contribution in [2.45, 2.75) is 25.3 Å². The molecule has 1 heterocycles. The molecule has 1 amide bonds. The van der Waals surface area contributed by atoms with Gasteiger partial charge in [-0.2, -0.15) is 0 Å². The second-order valence-corrected chi connectivity index (χ2v) is 5.52. The Labute approximate surface area is 134 Å². The number of hydrogen-bond acceptors (Lipinski definition) is 4. The molecule has 0 saturated heterocycles. The molecule has 2 aromatic rings. The number of rotatable bonds is 4. The van der Waals surface area contributed by atoms with E-state index < -0.39 is 5.97 Å². The maximum absolute atomic E-state index is 12.1. The summed E-state index contributed by atoms with van der Waals surface area (Å²) in [5.41, 5.74) is 2.82. The van der Waals surface area contributed by atoms with E-state index in [0.29, 0.717) is 5.56 Å². The summed E-state index contributed by atoms with van der Waals surface area (Å²) in [6, 6.07) is 11.2. The van der Waals surface area contributed by atoms with E-state index in [2.05, 4.69) is 16.4 Å². The number of aryl methyl sites for hydroxylation is 1. The molecular weight excluding hydrogens is 292 g/mol. The molecule has 5 nitrogen and oxygen atoms in total. The fourth-order valence-corrected chi connectivity index (χ4v) is 2.84. The number of esters is 1. The van der Waals surface area contributed by atoms with Crippen LogP contribution in [-0.4, -0.2) is 23.5 Å². The summed E-state index contributed by atoms with van der Waals surface area (Å²) in [6.45, 7) is -0.278. The van der Waals surface area contributed by atoms with Crippen LogP contribution in [0.15, 0.2) is 48.8 Å². The molecule has 1 aromatic heterocycles. The Morgan fingerprint density at radius 2 is 1.96 bits per heavy atom. The predicted octanol–water partition coefficient (Wildman–Crippen LogP) is 2.43. The Balaban J connectivity index is 1.55. The molecule has 0 spiro atoms. The van der Waals surface area contributed by atoms with Gasteiger partial charge in [0.1, 0.15) is 0 Å². The summed E-state index contributed by atoms with van der Waals surface area (Å²) in [4.78, 5) is 27.7. The summed E-state index contributed by atoms with van der Waals surface area (Å²) in [7, 11) is 0. The molecule has 1 atom stereocenters. The van der Waals surface area contributed by atoms with Crippen LogP contribution in [0.5, 0.6) is 0 Å². The molecule has 1 aliphatic carbocycles. The topological polar surface area (TPSA) is 68.3 Å². The number of fused-ring (bicyclic) bond motifs is 1. The van der Waals surface area contributed by atoms with Gasteiger partial charge in [0.15, 0.2) is 6.61 Å². The lowest BCUT2D eigenvalue weighted by Crippen LogP contribution is -2.34. The zero-order chi connectivity index (χ0) is 16.1. The smallest absolute Gasteiger partial charge is 0.338 e. The van der Waals surface area contributed by atoms with E-state index in [-0.39, 0.29) is 18.6 Å². The molecule has 0 fully saturated rings. The fraction of sp³-hybridized carbons (Fsp3) is 0.278. The molecule has 1 N–H and O–H groups in total. The number of amides is 1. The first-order valence-corrected chi connectivity index (χ1v) is 7.68. The molecule has 3 rings (SSSR count). The molecule has 1 aromatic carbocycles. The van der Waals surface area contributed by atoms with Crippen molar-refractivity contribution >= 4 is 11.9 Å².